The Morgan fingerprint density at radius 2 is 2.07 bits per heavy atom. The fraction of sp³-hybridized carbons (Fsp3) is 0.0952. The number of aromatic nitrogens is 2. The predicted molar refractivity (Wildman–Crippen MR) is 110 cm³/mol. The number of carbonyl (C=O) groups excluding carboxylic acids is 1. The Kier molecular flexibility index (Phi) is 5.79. The van der Waals surface area contributed by atoms with Crippen LogP contribution in [0.5, 0.6) is 0 Å². The number of imidazole rings is 1. The van der Waals surface area contributed by atoms with Gasteiger partial charge in [-0.25, -0.2) is 4.98 Å². The number of anilines is 1. The van der Waals surface area contributed by atoms with Crippen LogP contribution in [0.4, 0.5) is 5.95 Å². The molecule has 0 fully saturated rings. The van der Waals surface area contributed by atoms with Crippen molar-refractivity contribution in [3.8, 4) is 0 Å². The summed E-state index contributed by atoms with van der Waals surface area (Å²) in [4.78, 5) is 23.6. The quantitative estimate of drug-likeness (QED) is 0.574. The number of aliphatic imine (C=N–C) groups is 1. The van der Waals surface area contributed by atoms with E-state index in [1.165, 1.54) is 0 Å². The Bertz CT molecular complexity index is 972. The molecular weight excluding hydrogens is 338 g/mol. The minimum absolute atomic E-state index is 0.0147. The van der Waals surface area contributed by atoms with Crippen molar-refractivity contribution in [2.24, 2.45) is 10.7 Å². The molecule has 6 nitrogen and oxygen atoms in total. The van der Waals surface area contributed by atoms with Gasteiger partial charge in [0, 0.05) is 0 Å². The van der Waals surface area contributed by atoms with Gasteiger partial charge in [0.2, 0.25) is 11.9 Å². The molecule has 2 aromatic rings. The Hall–Kier alpha value is -3.67. The molecule has 1 amide bonds. The van der Waals surface area contributed by atoms with Gasteiger partial charge in [0.25, 0.3) is 5.91 Å². The molecule has 0 radical (unpaired) electrons. The van der Waals surface area contributed by atoms with Crippen LogP contribution in [-0.2, 0) is 4.79 Å². The van der Waals surface area contributed by atoms with Gasteiger partial charge in [-0.05, 0) is 29.7 Å². The number of aromatic amines is 1. The first-order chi connectivity index (χ1) is 13.1. The molecule has 1 aliphatic carbocycles. The molecule has 1 aliphatic rings. The molecule has 136 valence electrons. The van der Waals surface area contributed by atoms with Crippen molar-refractivity contribution in [1.82, 2.24) is 9.97 Å². The van der Waals surface area contributed by atoms with Crippen LogP contribution in [-0.4, -0.2) is 21.8 Å². The van der Waals surface area contributed by atoms with E-state index >= 15 is 0 Å². The van der Waals surface area contributed by atoms with Gasteiger partial charge in [0.05, 0.1) is 17.5 Å². The summed E-state index contributed by atoms with van der Waals surface area (Å²) < 4.78 is 0. The number of amides is 1. The van der Waals surface area contributed by atoms with Crippen molar-refractivity contribution in [1.29, 1.82) is 0 Å². The van der Waals surface area contributed by atoms with E-state index in [1.807, 2.05) is 66.8 Å². The Morgan fingerprint density at radius 3 is 2.93 bits per heavy atom. The third-order valence-corrected chi connectivity index (χ3v) is 3.89. The molecule has 0 bridgehead atoms. The third-order valence-electron chi connectivity index (χ3n) is 3.89. The van der Waals surface area contributed by atoms with Gasteiger partial charge in [-0.1, -0.05) is 61.2 Å². The molecule has 3 rings (SSSR count). The smallest absolute Gasteiger partial charge is 0.253 e. The highest BCUT2D eigenvalue weighted by Crippen LogP contribution is 2.16. The van der Waals surface area contributed by atoms with Gasteiger partial charge >= 0.3 is 0 Å². The molecule has 0 spiro atoms. The van der Waals surface area contributed by atoms with E-state index in [2.05, 4.69) is 26.9 Å². The van der Waals surface area contributed by atoms with Gasteiger partial charge in [0.1, 0.15) is 0 Å². The summed E-state index contributed by atoms with van der Waals surface area (Å²) >= 11 is 0. The average Bonchev–Trinajstić information content (AvgIpc) is 3.04. The van der Waals surface area contributed by atoms with Crippen LogP contribution in [0, 0.1) is 0 Å². The molecule has 1 aromatic carbocycles. The number of carbonyl (C=O) groups is 1. The monoisotopic (exact) mass is 359 g/mol. The highest BCUT2D eigenvalue weighted by molar-refractivity contribution is 6.00. The Morgan fingerprint density at radius 1 is 1.26 bits per heavy atom. The van der Waals surface area contributed by atoms with Crippen LogP contribution < -0.4 is 11.1 Å². The fourth-order valence-electron chi connectivity index (χ4n) is 2.55. The molecule has 4 N–H and O–H groups in total. The zero-order valence-corrected chi connectivity index (χ0v) is 14.9. The highest BCUT2D eigenvalue weighted by Gasteiger charge is 2.09. The van der Waals surface area contributed by atoms with Crippen molar-refractivity contribution in [2.45, 2.75) is 12.8 Å². The van der Waals surface area contributed by atoms with Gasteiger partial charge in [-0.3, -0.25) is 10.1 Å². The lowest BCUT2D eigenvalue weighted by Gasteiger charge is -2.06. The number of para-hydroxylation sites is 2. The first-order valence-corrected chi connectivity index (χ1v) is 8.59. The summed E-state index contributed by atoms with van der Waals surface area (Å²) in [5.74, 6) is 0.0577. The van der Waals surface area contributed by atoms with E-state index < -0.39 is 0 Å². The molecule has 0 saturated carbocycles. The largest absolute Gasteiger partial charge is 0.369 e. The maximum Gasteiger partial charge on any atom is 0.253 e. The maximum atomic E-state index is 12.3. The molecule has 0 unspecified atom stereocenters. The molecule has 6 heteroatoms. The van der Waals surface area contributed by atoms with Crippen LogP contribution in [0.15, 0.2) is 89.5 Å². The van der Waals surface area contributed by atoms with E-state index in [0.717, 1.165) is 28.6 Å². The van der Waals surface area contributed by atoms with Crippen molar-refractivity contribution < 1.29 is 4.79 Å². The summed E-state index contributed by atoms with van der Waals surface area (Å²) in [6.45, 7) is 4.01. The second kappa shape index (κ2) is 8.62. The highest BCUT2D eigenvalue weighted by atomic mass is 16.1. The van der Waals surface area contributed by atoms with Crippen molar-refractivity contribution in [3.05, 3.63) is 84.5 Å². The molecule has 0 atom stereocenters. The zero-order valence-electron chi connectivity index (χ0n) is 14.9. The number of nitrogens with two attached hydrogens (primary N) is 1. The van der Waals surface area contributed by atoms with Crippen molar-refractivity contribution in [2.75, 3.05) is 5.32 Å². The number of nitrogens with one attached hydrogen (secondary N) is 2. The molecule has 1 heterocycles. The lowest BCUT2D eigenvalue weighted by Crippen LogP contribution is -2.24. The Balaban J connectivity index is 1.68. The van der Waals surface area contributed by atoms with E-state index in [9.17, 15) is 4.79 Å². The summed E-state index contributed by atoms with van der Waals surface area (Å²) in [7, 11) is 0. The van der Waals surface area contributed by atoms with E-state index in [4.69, 9.17) is 5.73 Å². The first-order valence-electron chi connectivity index (χ1n) is 8.59. The number of benzene rings is 1. The van der Waals surface area contributed by atoms with Crippen LogP contribution >= 0.6 is 0 Å². The molecule has 0 saturated heterocycles. The zero-order chi connectivity index (χ0) is 19.1. The third kappa shape index (κ3) is 5.15. The molecular formula is C21H21N5O. The lowest BCUT2D eigenvalue weighted by atomic mass is 10.0. The van der Waals surface area contributed by atoms with Gasteiger partial charge < -0.3 is 10.7 Å². The Labute approximate surface area is 157 Å². The van der Waals surface area contributed by atoms with Crippen molar-refractivity contribution >= 4 is 28.8 Å². The van der Waals surface area contributed by atoms with Crippen LogP contribution in [0.2, 0.25) is 0 Å². The molecule has 0 aliphatic heterocycles. The topological polar surface area (TPSA) is 96.2 Å². The number of fused-ring (bicyclic) bond motifs is 1. The lowest BCUT2D eigenvalue weighted by molar-refractivity contribution is -0.117. The summed E-state index contributed by atoms with van der Waals surface area (Å²) in [6.07, 6.45) is 14.5. The number of hydrogen-bond donors (Lipinski definition) is 3. The second-order valence-corrected chi connectivity index (χ2v) is 5.96. The number of guanidine groups is 1. The minimum atomic E-state index is -0.363. The van der Waals surface area contributed by atoms with Gasteiger partial charge in [0.15, 0.2) is 0 Å². The average molecular weight is 359 g/mol. The van der Waals surface area contributed by atoms with Crippen molar-refractivity contribution in [3.63, 3.8) is 0 Å². The number of nitrogens with zero attached hydrogens (tertiary/aromatic N) is 2. The summed E-state index contributed by atoms with van der Waals surface area (Å²) in [6, 6.07) is 7.58. The fourth-order valence-corrected chi connectivity index (χ4v) is 2.55. The first kappa shape index (κ1) is 18.1. The van der Waals surface area contributed by atoms with E-state index in [0.29, 0.717) is 5.95 Å². The van der Waals surface area contributed by atoms with E-state index in [-0.39, 0.29) is 18.3 Å². The summed E-state index contributed by atoms with van der Waals surface area (Å²) in [5.41, 5.74) is 9.08. The van der Waals surface area contributed by atoms with Gasteiger partial charge in [-0.15, -0.1) is 0 Å². The number of hydrogen-bond acceptors (Lipinski definition) is 2. The predicted octanol–water partition coefficient (Wildman–Crippen LogP) is 3.76. The second-order valence-electron chi connectivity index (χ2n) is 5.96. The molecule has 27 heavy (non-hydrogen) atoms. The SMILES string of the molecule is C=C1/C=C\C=C/C/C=C\C=C/1CC(=O)/N=C(\N)Nc1nc2ccccc2[nH]1. The van der Waals surface area contributed by atoms with Crippen LogP contribution in [0.1, 0.15) is 12.8 Å². The minimum Gasteiger partial charge on any atom is -0.369 e. The molecule has 1 aromatic heterocycles. The van der Waals surface area contributed by atoms with Crippen LogP contribution in [0.3, 0.4) is 0 Å². The number of allylic oxidation sites excluding steroid dienone is 8. The maximum absolute atomic E-state index is 12.3. The number of H-pyrrole nitrogens is 1. The number of rotatable bonds is 3. The van der Waals surface area contributed by atoms with E-state index in [1.54, 1.807) is 0 Å². The van der Waals surface area contributed by atoms with Gasteiger partial charge in [-0.2, -0.15) is 4.99 Å². The standard InChI is InChI=1S/C21H21N5O/c1-15-10-6-4-2-3-5-7-11-16(15)14-19(27)25-20(22)26-21-23-17-12-8-9-13-18(17)24-21/h2,4-13H,1,3,14H2,(H4,22,23,24,25,26,27)/b4-2-,7-5-,10-6-,16-11-. The summed E-state index contributed by atoms with van der Waals surface area (Å²) in [5, 5.41) is 2.81. The normalized spacial score (nSPS) is 20.5. The van der Waals surface area contributed by atoms with Crippen LogP contribution in [0.25, 0.3) is 11.0 Å².